The molecule has 0 amide bonds. The van der Waals surface area contributed by atoms with Gasteiger partial charge in [-0.1, -0.05) is 0 Å². The summed E-state index contributed by atoms with van der Waals surface area (Å²) in [5, 5.41) is 3.27. The molecule has 2 heterocycles. The third-order valence-electron chi connectivity index (χ3n) is 1.70. The molecule has 0 fully saturated rings. The molecule has 1 nitrogen and oxygen atoms in total. The van der Waals surface area contributed by atoms with Crippen LogP contribution >= 0.6 is 51.2 Å². The summed E-state index contributed by atoms with van der Waals surface area (Å²) in [6.07, 6.45) is 0.959. The van der Waals surface area contributed by atoms with Gasteiger partial charge in [-0.3, -0.25) is 0 Å². The minimum Gasteiger partial charge on any atom is -0.240 e. The van der Waals surface area contributed by atoms with Crippen molar-refractivity contribution in [2.45, 2.75) is 6.42 Å². The van der Waals surface area contributed by atoms with Gasteiger partial charge in [0, 0.05) is 11.8 Å². The van der Waals surface area contributed by atoms with Crippen molar-refractivity contribution in [3.63, 3.8) is 0 Å². The summed E-state index contributed by atoms with van der Waals surface area (Å²) < 4.78 is 1.15. The molecule has 0 aliphatic carbocycles. The second kappa shape index (κ2) is 4.79. The maximum atomic E-state index is 4.54. The Hall–Kier alpha value is 0.160. The highest BCUT2D eigenvalue weighted by Gasteiger charge is 2.05. The van der Waals surface area contributed by atoms with E-state index in [1.54, 1.807) is 22.7 Å². The van der Waals surface area contributed by atoms with Crippen LogP contribution in [0.15, 0.2) is 21.3 Å². The van der Waals surface area contributed by atoms with E-state index in [-0.39, 0.29) is 0 Å². The fourth-order valence-electron chi connectivity index (χ4n) is 1.09. The van der Waals surface area contributed by atoms with Gasteiger partial charge >= 0.3 is 0 Å². The number of aromatic nitrogens is 1. The molecule has 0 aliphatic heterocycles. The minimum absolute atomic E-state index is 0.862. The van der Waals surface area contributed by atoms with E-state index in [9.17, 15) is 0 Å². The zero-order valence-corrected chi connectivity index (χ0v) is 11.3. The van der Waals surface area contributed by atoms with Crippen LogP contribution in [0.4, 0.5) is 0 Å². The second-order valence-corrected chi connectivity index (χ2v) is 6.56. The number of hydrogen-bond donors (Lipinski definition) is 1. The molecule has 0 aliphatic rings. The first-order valence-corrected chi connectivity index (χ1v) is 7.23. The summed E-state index contributed by atoms with van der Waals surface area (Å²) in [5.41, 5.74) is 1.09. The van der Waals surface area contributed by atoms with E-state index in [4.69, 9.17) is 0 Å². The van der Waals surface area contributed by atoms with Crippen LogP contribution in [-0.4, -0.2) is 10.7 Å². The predicted octanol–water partition coefficient (Wildman–Crippen LogP) is 4.11. The topological polar surface area (TPSA) is 12.9 Å². The van der Waals surface area contributed by atoms with E-state index in [0.29, 0.717) is 0 Å². The molecule has 14 heavy (non-hydrogen) atoms. The lowest BCUT2D eigenvalue weighted by Gasteiger charge is -1.89. The zero-order valence-electron chi connectivity index (χ0n) is 7.24. The van der Waals surface area contributed by atoms with Gasteiger partial charge in [-0.05, 0) is 33.8 Å². The fourth-order valence-corrected chi connectivity index (χ4v) is 3.67. The number of thiol groups is 1. The molecule has 0 unspecified atom stereocenters. The zero-order chi connectivity index (χ0) is 9.97. The minimum atomic E-state index is 0.862. The van der Waals surface area contributed by atoms with Gasteiger partial charge in [-0.2, -0.15) is 12.6 Å². The molecule has 0 spiro atoms. The SMILES string of the molecule is SCCc1nc(-c2ccc(Br)s2)cs1. The second-order valence-electron chi connectivity index (χ2n) is 2.70. The molecule has 2 rings (SSSR count). The summed E-state index contributed by atoms with van der Waals surface area (Å²) in [4.78, 5) is 5.76. The first-order valence-electron chi connectivity index (χ1n) is 4.10. The largest absolute Gasteiger partial charge is 0.240 e. The number of halogens is 1. The van der Waals surface area contributed by atoms with Crippen molar-refractivity contribution in [3.05, 3.63) is 26.3 Å². The Labute approximate surface area is 105 Å². The molecule has 0 N–H and O–H groups in total. The van der Waals surface area contributed by atoms with E-state index < -0.39 is 0 Å². The lowest BCUT2D eigenvalue weighted by Crippen LogP contribution is -1.83. The van der Waals surface area contributed by atoms with Gasteiger partial charge < -0.3 is 0 Å². The number of rotatable bonds is 3. The average Bonchev–Trinajstić information content (AvgIpc) is 2.74. The van der Waals surface area contributed by atoms with Crippen LogP contribution in [-0.2, 0) is 6.42 Å². The van der Waals surface area contributed by atoms with Crippen LogP contribution in [0.25, 0.3) is 10.6 Å². The van der Waals surface area contributed by atoms with Crippen LogP contribution in [0.2, 0.25) is 0 Å². The Bertz CT molecular complexity index is 421. The summed E-state index contributed by atoms with van der Waals surface area (Å²) in [6.45, 7) is 0. The smallest absolute Gasteiger partial charge is 0.0941 e. The van der Waals surface area contributed by atoms with E-state index in [0.717, 1.165) is 21.7 Å². The Balaban J connectivity index is 2.24. The Morgan fingerprint density at radius 1 is 1.43 bits per heavy atom. The third kappa shape index (κ3) is 2.39. The number of nitrogens with zero attached hydrogens (tertiary/aromatic N) is 1. The van der Waals surface area contributed by atoms with Crippen molar-refractivity contribution in [1.29, 1.82) is 0 Å². The Morgan fingerprint density at radius 2 is 2.29 bits per heavy atom. The lowest BCUT2D eigenvalue weighted by molar-refractivity contribution is 1.12. The molecule has 0 atom stereocenters. The number of thiophene rings is 1. The predicted molar refractivity (Wildman–Crippen MR) is 70.7 cm³/mol. The van der Waals surface area contributed by atoms with Crippen LogP contribution in [0.5, 0.6) is 0 Å². The number of thiazole rings is 1. The summed E-state index contributed by atoms with van der Waals surface area (Å²) >= 11 is 11.1. The number of hydrogen-bond acceptors (Lipinski definition) is 4. The monoisotopic (exact) mass is 305 g/mol. The van der Waals surface area contributed by atoms with Crippen LogP contribution in [0.1, 0.15) is 5.01 Å². The first kappa shape index (κ1) is 10.7. The third-order valence-corrected chi connectivity index (χ3v) is 4.48. The highest BCUT2D eigenvalue weighted by atomic mass is 79.9. The summed E-state index contributed by atoms with van der Waals surface area (Å²) in [7, 11) is 0. The van der Waals surface area contributed by atoms with Crippen LogP contribution < -0.4 is 0 Å². The van der Waals surface area contributed by atoms with Crippen molar-refractivity contribution in [1.82, 2.24) is 4.98 Å². The van der Waals surface area contributed by atoms with Crippen molar-refractivity contribution in [2.24, 2.45) is 0 Å². The highest BCUT2D eigenvalue weighted by Crippen LogP contribution is 2.31. The van der Waals surface area contributed by atoms with Gasteiger partial charge in [0.05, 0.1) is 19.4 Å². The van der Waals surface area contributed by atoms with Gasteiger partial charge in [0.1, 0.15) is 0 Å². The molecule has 0 saturated carbocycles. The molecule has 0 radical (unpaired) electrons. The summed E-state index contributed by atoms with van der Waals surface area (Å²) in [6, 6.07) is 4.14. The molecular weight excluding hydrogens is 298 g/mol. The summed E-state index contributed by atoms with van der Waals surface area (Å²) in [5.74, 6) is 0.862. The molecule has 5 heteroatoms. The van der Waals surface area contributed by atoms with E-state index in [2.05, 4.69) is 51.1 Å². The van der Waals surface area contributed by atoms with Gasteiger partial charge in [-0.25, -0.2) is 4.98 Å². The lowest BCUT2D eigenvalue weighted by atomic mass is 10.4. The standard InChI is InChI=1S/C9H8BrNS3/c10-8-2-1-7(14-8)6-5-13-9(11-6)3-4-12/h1-2,5,12H,3-4H2. The Morgan fingerprint density at radius 3 is 2.93 bits per heavy atom. The average molecular weight is 306 g/mol. The van der Waals surface area contributed by atoms with Crippen LogP contribution in [0, 0.1) is 0 Å². The van der Waals surface area contributed by atoms with E-state index in [1.165, 1.54) is 9.88 Å². The molecule has 0 saturated heterocycles. The van der Waals surface area contributed by atoms with Crippen molar-refractivity contribution in [2.75, 3.05) is 5.75 Å². The van der Waals surface area contributed by atoms with Gasteiger partial charge in [0.2, 0.25) is 0 Å². The van der Waals surface area contributed by atoms with Crippen molar-refractivity contribution >= 4 is 51.2 Å². The molecule has 74 valence electrons. The van der Waals surface area contributed by atoms with Crippen LogP contribution in [0.3, 0.4) is 0 Å². The quantitative estimate of drug-likeness (QED) is 0.842. The first-order chi connectivity index (χ1) is 6.79. The molecule has 2 aromatic rings. The molecule has 2 aromatic heterocycles. The van der Waals surface area contributed by atoms with Crippen molar-refractivity contribution < 1.29 is 0 Å². The molecular formula is C9H8BrNS3. The number of aryl methyl sites for hydroxylation is 1. The maximum Gasteiger partial charge on any atom is 0.0941 e. The molecule has 0 bridgehead atoms. The molecule has 0 aromatic carbocycles. The van der Waals surface area contributed by atoms with Gasteiger partial charge in [0.25, 0.3) is 0 Å². The van der Waals surface area contributed by atoms with Gasteiger partial charge in [-0.15, -0.1) is 22.7 Å². The highest BCUT2D eigenvalue weighted by molar-refractivity contribution is 9.11. The normalized spacial score (nSPS) is 10.7. The van der Waals surface area contributed by atoms with E-state index in [1.807, 2.05) is 0 Å². The maximum absolute atomic E-state index is 4.54. The van der Waals surface area contributed by atoms with Crippen molar-refractivity contribution in [3.8, 4) is 10.6 Å². The Kier molecular flexibility index (Phi) is 3.65. The van der Waals surface area contributed by atoms with Gasteiger partial charge in [0.15, 0.2) is 0 Å². The fraction of sp³-hybridized carbons (Fsp3) is 0.222. The van der Waals surface area contributed by atoms with E-state index >= 15 is 0 Å².